The standard InChI is InChI=1S/C18H12F2O5/c19-18(20)24-15-8-6-11(9-16(15)25-18)5-7-13(21)10-12-3-1-2-4-14(12)17(22)23/h1-9H,10H2,(H,22,23)/b7-5+. The number of rotatable bonds is 5. The minimum Gasteiger partial charge on any atom is -0.478 e. The van der Waals surface area contributed by atoms with Gasteiger partial charge in [-0.05, 0) is 35.4 Å². The molecule has 0 unspecified atom stereocenters. The molecule has 0 radical (unpaired) electrons. The van der Waals surface area contributed by atoms with Crippen molar-refractivity contribution < 1.29 is 33.0 Å². The summed E-state index contributed by atoms with van der Waals surface area (Å²) in [7, 11) is 0. The summed E-state index contributed by atoms with van der Waals surface area (Å²) in [6.07, 6.45) is -1.08. The summed E-state index contributed by atoms with van der Waals surface area (Å²) in [5.74, 6) is -1.62. The van der Waals surface area contributed by atoms with Crippen molar-refractivity contribution >= 4 is 17.8 Å². The van der Waals surface area contributed by atoms with E-state index in [1.807, 2.05) is 0 Å². The van der Waals surface area contributed by atoms with E-state index in [2.05, 4.69) is 9.47 Å². The summed E-state index contributed by atoms with van der Waals surface area (Å²) in [5, 5.41) is 9.10. The first kappa shape index (κ1) is 16.6. The van der Waals surface area contributed by atoms with Crippen LogP contribution < -0.4 is 9.47 Å². The van der Waals surface area contributed by atoms with Gasteiger partial charge in [-0.2, -0.15) is 0 Å². The number of ether oxygens (including phenoxy) is 2. The zero-order chi connectivity index (χ0) is 18.0. The number of alkyl halides is 2. The molecule has 0 atom stereocenters. The molecular weight excluding hydrogens is 334 g/mol. The molecule has 2 aromatic carbocycles. The lowest BCUT2D eigenvalue weighted by molar-refractivity contribution is -0.286. The summed E-state index contributed by atoms with van der Waals surface area (Å²) in [6.45, 7) is 0. The number of hydrogen-bond donors (Lipinski definition) is 1. The second-order valence-electron chi connectivity index (χ2n) is 5.31. The topological polar surface area (TPSA) is 72.8 Å². The Balaban J connectivity index is 1.71. The van der Waals surface area contributed by atoms with Gasteiger partial charge in [0.2, 0.25) is 0 Å². The van der Waals surface area contributed by atoms with Crippen LogP contribution in [0.5, 0.6) is 11.5 Å². The normalized spacial score (nSPS) is 14.6. The summed E-state index contributed by atoms with van der Waals surface area (Å²) in [6, 6.07) is 10.4. The number of benzene rings is 2. The van der Waals surface area contributed by atoms with E-state index in [0.717, 1.165) is 0 Å². The highest BCUT2D eigenvalue weighted by Crippen LogP contribution is 2.41. The molecule has 5 nitrogen and oxygen atoms in total. The van der Waals surface area contributed by atoms with Crippen molar-refractivity contribution in [2.45, 2.75) is 12.7 Å². The van der Waals surface area contributed by atoms with Gasteiger partial charge in [-0.3, -0.25) is 4.79 Å². The van der Waals surface area contributed by atoms with Crippen LogP contribution >= 0.6 is 0 Å². The van der Waals surface area contributed by atoms with E-state index in [1.165, 1.54) is 36.4 Å². The van der Waals surface area contributed by atoms with Gasteiger partial charge in [-0.25, -0.2) is 4.79 Å². The molecule has 0 bridgehead atoms. The molecule has 1 N–H and O–H groups in total. The van der Waals surface area contributed by atoms with Crippen LogP contribution in [0, 0.1) is 0 Å². The van der Waals surface area contributed by atoms with Crippen molar-refractivity contribution in [1.82, 2.24) is 0 Å². The van der Waals surface area contributed by atoms with E-state index in [0.29, 0.717) is 11.1 Å². The molecule has 0 saturated heterocycles. The van der Waals surface area contributed by atoms with Gasteiger partial charge < -0.3 is 14.6 Å². The van der Waals surface area contributed by atoms with Crippen LogP contribution in [-0.4, -0.2) is 23.2 Å². The lowest BCUT2D eigenvalue weighted by atomic mass is 10.0. The van der Waals surface area contributed by atoms with E-state index in [-0.39, 0.29) is 29.3 Å². The van der Waals surface area contributed by atoms with Gasteiger partial charge in [-0.15, -0.1) is 8.78 Å². The Hall–Kier alpha value is -3.22. The molecule has 7 heteroatoms. The Morgan fingerprint density at radius 3 is 2.56 bits per heavy atom. The maximum Gasteiger partial charge on any atom is 0.586 e. The number of carboxylic acid groups (broad SMARTS) is 1. The average Bonchev–Trinajstić information content (AvgIpc) is 2.86. The van der Waals surface area contributed by atoms with E-state index < -0.39 is 12.3 Å². The van der Waals surface area contributed by atoms with Gasteiger partial charge in [0.15, 0.2) is 17.3 Å². The number of fused-ring (bicyclic) bond motifs is 1. The fourth-order valence-electron chi connectivity index (χ4n) is 2.39. The van der Waals surface area contributed by atoms with Gasteiger partial charge in [0.25, 0.3) is 0 Å². The second-order valence-corrected chi connectivity index (χ2v) is 5.31. The Kier molecular flexibility index (Phi) is 4.22. The zero-order valence-corrected chi connectivity index (χ0v) is 12.7. The number of ketones is 1. The van der Waals surface area contributed by atoms with Gasteiger partial charge in [0.1, 0.15) is 0 Å². The quantitative estimate of drug-likeness (QED) is 0.839. The van der Waals surface area contributed by atoms with Crippen LogP contribution in [0.2, 0.25) is 0 Å². The van der Waals surface area contributed by atoms with Crippen molar-refractivity contribution in [1.29, 1.82) is 0 Å². The number of carboxylic acids is 1. The minimum absolute atomic E-state index is 0.0644. The molecule has 0 saturated carbocycles. The van der Waals surface area contributed by atoms with Crippen molar-refractivity contribution in [3.05, 3.63) is 65.2 Å². The number of hydrogen-bond acceptors (Lipinski definition) is 4. The summed E-state index contributed by atoms with van der Waals surface area (Å²) in [5.41, 5.74) is 0.935. The Labute approximate surface area is 141 Å². The smallest absolute Gasteiger partial charge is 0.478 e. The number of halogens is 2. The maximum atomic E-state index is 13.0. The Bertz CT molecular complexity index is 874. The van der Waals surface area contributed by atoms with Crippen molar-refractivity contribution in [3.63, 3.8) is 0 Å². The van der Waals surface area contributed by atoms with E-state index in [4.69, 9.17) is 5.11 Å². The molecule has 0 amide bonds. The zero-order valence-electron chi connectivity index (χ0n) is 12.7. The molecule has 0 spiro atoms. The molecule has 0 fully saturated rings. The van der Waals surface area contributed by atoms with Crippen LogP contribution in [0.3, 0.4) is 0 Å². The van der Waals surface area contributed by atoms with Crippen LogP contribution in [0.1, 0.15) is 21.5 Å². The van der Waals surface area contributed by atoms with E-state index in [1.54, 1.807) is 18.2 Å². The lowest BCUT2D eigenvalue weighted by Gasteiger charge is -2.04. The molecular formula is C18H12F2O5. The number of aromatic carboxylic acids is 1. The predicted octanol–water partition coefficient (Wildman–Crippen LogP) is 3.53. The third-order valence-corrected chi connectivity index (χ3v) is 3.50. The Morgan fingerprint density at radius 1 is 1.08 bits per heavy atom. The first-order chi connectivity index (χ1) is 11.8. The van der Waals surface area contributed by atoms with Crippen LogP contribution in [0.4, 0.5) is 8.78 Å². The molecule has 0 aliphatic carbocycles. The average molecular weight is 346 g/mol. The van der Waals surface area contributed by atoms with Crippen LogP contribution in [0.15, 0.2) is 48.5 Å². The SMILES string of the molecule is O=C(/C=C/c1ccc2c(c1)OC(F)(F)O2)Cc1ccccc1C(=O)O. The lowest BCUT2D eigenvalue weighted by Crippen LogP contribution is -2.25. The third-order valence-electron chi connectivity index (χ3n) is 3.50. The molecule has 1 aliphatic heterocycles. The highest BCUT2D eigenvalue weighted by molar-refractivity contribution is 5.97. The van der Waals surface area contributed by atoms with Crippen LogP contribution in [-0.2, 0) is 11.2 Å². The summed E-state index contributed by atoms with van der Waals surface area (Å²) >= 11 is 0. The second kappa shape index (κ2) is 6.35. The Morgan fingerprint density at radius 2 is 1.80 bits per heavy atom. The molecule has 2 aromatic rings. The predicted molar refractivity (Wildman–Crippen MR) is 83.8 cm³/mol. The molecule has 0 aromatic heterocycles. The van der Waals surface area contributed by atoms with Gasteiger partial charge in [0.05, 0.1) is 5.56 Å². The van der Waals surface area contributed by atoms with E-state index >= 15 is 0 Å². The molecule has 1 aliphatic rings. The number of carbonyl (C=O) groups excluding carboxylic acids is 1. The summed E-state index contributed by atoms with van der Waals surface area (Å²) < 4.78 is 34.6. The summed E-state index contributed by atoms with van der Waals surface area (Å²) in [4.78, 5) is 23.2. The molecule has 25 heavy (non-hydrogen) atoms. The van der Waals surface area contributed by atoms with Gasteiger partial charge >= 0.3 is 12.3 Å². The maximum absolute atomic E-state index is 13.0. The number of allylic oxidation sites excluding steroid dienone is 1. The van der Waals surface area contributed by atoms with Crippen molar-refractivity contribution in [2.24, 2.45) is 0 Å². The van der Waals surface area contributed by atoms with Crippen molar-refractivity contribution in [3.8, 4) is 11.5 Å². The fraction of sp³-hybridized carbons (Fsp3) is 0.111. The highest BCUT2D eigenvalue weighted by Gasteiger charge is 2.43. The highest BCUT2D eigenvalue weighted by atomic mass is 19.3. The van der Waals surface area contributed by atoms with Crippen LogP contribution in [0.25, 0.3) is 6.08 Å². The fourth-order valence-corrected chi connectivity index (χ4v) is 2.39. The number of carbonyl (C=O) groups is 2. The molecule has 3 rings (SSSR count). The van der Waals surface area contributed by atoms with Gasteiger partial charge in [0, 0.05) is 6.42 Å². The first-order valence-electron chi connectivity index (χ1n) is 7.26. The molecule has 1 heterocycles. The van der Waals surface area contributed by atoms with Crippen molar-refractivity contribution in [2.75, 3.05) is 0 Å². The van der Waals surface area contributed by atoms with E-state index in [9.17, 15) is 18.4 Å². The monoisotopic (exact) mass is 346 g/mol. The molecule has 128 valence electrons. The third kappa shape index (κ3) is 3.82. The van der Waals surface area contributed by atoms with Gasteiger partial charge in [-0.1, -0.05) is 30.3 Å². The first-order valence-corrected chi connectivity index (χ1v) is 7.26. The largest absolute Gasteiger partial charge is 0.586 e. The minimum atomic E-state index is -3.69.